The molecule has 2 aromatic rings. The van der Waals surface area contributed by atoms with Crippen molar-refractivity contribution in [2.24, 2.45) is 5.10 Å². The molecule has 0 aliphatic carbocycles. The van der Waals surface area contributed by atoms with Crippen molar-refractivity contribution in [1.82, 2.24) is 10.4 Å². The van der Waals surface area contributed by atoms with Crippen LogP contribution in [0.1, 0.15) is 11.1 Å². The van der Waals surface area contributed by atoms with Gasteiger partial charge in [-0.15, -0.1) is 0 Å². The van der Waals surface area contributed by atoms with Crippen LogP contribution < -0.4 is 5.43 Å². The third kappa shape index (κ3) is 4.13. The van der Waals surface area contributed by atoms with E-state index in [1.807, 2.05) is 12.1 Å². The Balaban J connectivity index is 2.20. The second kappa shape index (κ2) is 7.35. The Bertz CT molecular complexity index is 555. The van der Waals surface area contributed by atoms with Gasteiger partial charge in [-0.2, -0.15) is 5.10 Å². The number of hydrogen-bond donors (Lipinski definition) is 2. The minimum absolute atomic E-state index is 0.00938. The summed E-state index contributed by atoms with van der Waals surface area (Å²) >= 11 is 0. The highest BCUT2D eigenvalue weighted by Gasteiger charge is 2.06. The van der Waals surface area contributed by atoms with Gasteiger partial charge in [-0.05, 0) is 35.4 Å². The Morgan fingerprint density at radius 2 is 1.85 bits per heavy atom. The molecule has 0 unspecified atom stereocenters. The molecule has 104 valence electrons. The highest BCUT2D eigenvalue weighted by atomic mass is 19.1. The van der Waals surface area contributed by atoms with Crippen molar-refractivity contribution < 1.29 is 9.50 Å². The third-order valence-corrected chi connectivity index (χ3v) is 2.74. The number of hydrazone groups is 1. The van der Waals surface area contributed by atoms with Gasteiger partial charge in [0, 0.05) is 18.8 Å². The molecule has 4 nitrogen and oxygen atoms in total. The fraction of sp³-hybridized carbons (Fsp3) is 0.200. The van der Waals surface area contributed by atoms with Gasteiger partial charge >= 0.3 is 0 Å². The summed E-state index contributed by atoms with van der Waals surface area (Å²) in [4.78, 5) is 3.97. The van der Waals surface area contributed by atoms with Crippen LogP contribution >= 0.6 is 0 Å². The number of aromatic nitrogens is 1. The van der Waals surface area contributed by atoms with E-state index < -0.39 is 0 Å². The number of nitrogens with one attached hydrogen (secondary N) is 1. The number of aliphatic hydroxyl groups is 1. The topological polar surface area (TPSA) is 57.5 Å². The molecule has 0 radical (unpaired) electrons. The normalized spacial score (nSPS) is 11.4. The summed E-state index contributed by atoms with van der Waals surface area (Å²) in [6, 6.07) is 10.0. The number of halogens is 1. The van der Waals surface area contributed by atoms with Gasteiger partial charge in [-0.1, -0.05) is 12.1 Å². The van der Waals surface area contributed by atoms with E-state index >= 15 is 0 Å². The molecule has 2 rings (SSSR count). The molecule has 20 heavy (non-hydrogen) atoms. The Hall–Kier alpha value is -2.27. The molecule has 0 bridgehead atoms. The predicted molar refractivity (Wildman–Crippen MR) is 76.0 cm³/mol. The molecular weight excluding hydrogens is 257 g/mol. The first-order valence-corrected chi connectivity index (χ1v) is 6.34. The van der Waals surface area contributed by atoms with E-state index in [1.165, 1.54) is 12.1 Å². The number of rotatable bonds is 6. The van der Waals surface area contributed by atoms with Crippen molar-refractivity contribution in [2.75, 3.05) is 13.2 Å². The monoisotopic (exact) mass is 273 g/mol. The van der Waals surface area contributed by atoms with Crippen LogP contribution in [0.2, 0.25) is 0 Å². The van der Waals surface area contributed by atoms with E-state index in [4.69, 9.17) is 5.11 Å². The SMILES string of the molecule is OCCN/N=C(\Cc1ccncc1)c1ccc(F)cc1. The first-order valence-electron chi connectivity index (χ1n) is 6.34. The summed E-state index contributed by atoms with van der Waals surface area (Å²) < 4.78 is 13.0. The zero-order valence-electron chi connectivity index (χ0n) is 11.0. The highest BCUT2D eigenvalue weighted by molar-refractivity contribution is 6.01. The van der Waals surface area contributed by atoms with Crippen LogP contribution in [0.4, 0.5) is 4.39 Å². The van der Waals surface area contributed by atoms with Crippen LogP contribution in [-0.4, -0.2) is 29.0 Å². The summed E-state index contributed by atoms with van der Waals surface area (Å²) in [5, 5.41) is 13.1. The maximum Gasteiger partial charge on any atom is 0.123 e. The lowest BCUT2D eigenvalue weighted by Gasteiger charge is -2.08. The van der Waals surface area contributed by atoms with Crippen LogP contribution in [0.25, 0.3) is 0 Å². The van der Waals surface area contributed by atoms with E-state index in [0.717, 1.165) is 16.8 Å². The first-order chi connectivity index (χ1) is 9.79. The number of pyridine rings is 1. The second-order valence-electron chi connectivity index (χ2n) is 4.23. The van der Waals surface area contributed by atoms with Gasteiger partial charge in [0.2, 0.25) is 0 Å². The van der Waals surface area contributed by atoms with Crippen molar-refractivity contribution in [3.8, 4) is 0 Å². The molecule has 0 saturated carbocycles. The number of nitrogens with zero attached hydrogens (tertiary/aromatic N) is 2. The van der Waals surface area contributed by atoms with Crippen LogP contribution in [0, 0.1) is 5.82 Å². The molecule has 5 heteroatoms. The van der Waals surface area contributed by atoms with Crippen LogP contribution in [0.3, 0.4) is 0 Å². The molecule has 0 spiro atoms. The fourth-order valence-corrected chi connectivity index (χ4v) is 1.74. The molecular formula is C15H16FN3O. The quantitative estimate of drug-likeness (QED) is 0.479. The fourth-order valence-electron chi connectivity index (χ4n) is 1.74. The zero-order chi connectivity index (χ0) is 14.2. The number of aliphatic hydroxyl groups excluding tert-OH is 1. The molecule has 0 aliphatic rings. The largest absolute Gasteiger partial charge is 0.394 e. The summed E-state index contributed by atoms with van der Waals surface area (Å²) in [6.07, 6.45) is 4.05. The number of hydrogen-bond acceptors (Lipinski definition) is 4. The highest BCUT2D eigenvalue weighted by Crippen LogP contribution is 2.09. The first kappa shape index (κ1) is 14.1. The summed E-state index contributed by atoms with van der Waals surface area (Å²) in [6.45, 7) is 0.385. The lowest BCUT2D eigenvalue weighted by molar-refractivity contribution is 0.293. The Labute approximate surface area is 117 Å². The zero-order valence-corrected chi connectivity index (χ0v) is 11.0. The van der Waals surface area contributed by atoms with Gasteiger partial charge in [0.1, 0.15) is 5.82 Å². The molecule has 1 aromatic heterocycles. The maximum absolute atomic E-state index is 13.0. The lowest BCUT2D eigenvalue weighted by atomic mass is 10.0. The molecule has 0 aliphatic heterocycles. The van der Waals surface area contributed by atoms with Gasteiger partial charge in [0.15, 0.2) is 0 Å². The summed E-state index contributed by atoms with van der Waals surface area (Å²) in [7, 11) is 0. The van der Waals surface area contributed by atoms with Crippen LogP contribution in [0.5, 0.6) is 0 Å². The van der Waals surface area contributed by atoms with Crippen molar-refractivity contribution in [1.29, 1.82) is 0 Å². The average Bonchev–Trinajstić information content (AvgIpc) is 2.48. The van der Waals surface area contributed by atoms with Crippen molar-refractivity contribution in [3.63, 3.8) is 0 Å². The van der Waals surface area contributed by atoms with Gasteiger partial charge in [-0.3, -0.25) is 4.98 Å². The van der Waals surface area contributed by atoms with E-state index in [-0.39, 0.29) is 12.4 Å². The predicted octanol–water partition coefficient (Wildman–Crippen LogP) is 1.75. The molecule has 0 amide bonds. The van der Waals surface area contributed by atoms with Crippen LogP contribution in [-0.2, 0) is 6.42 Å². The minimum Gasteiger partial charge on any atom is -0.394 e. The third-order valence-electron chi connectivity index (χ3n) is 2.74. The van der Waals surface area contributed by atoms with Gasteiger partial charge in [0.05, 0.1) is 18.9 Å². The van der Waals surface area contributed by atoms with E-state index in [2.05, 4.69) is 15.5 Å². The van der Waals surface area contributed by atoms with E-state index in [0.29, 0.717) is 13.0 Å². The maximum atomic E-state index is 13.0. The molecule has 0 atom stereocenters. The standard InChI is InChI=1S/C15H16FN3O/c16-14-3-1-13(2-4-14)15(19-18-9-10-20)11-12-5-7-17-8-6-12/h1-8,18,20H,9-11H2/b19-15+. The molecule has 1 heterocycles. The summed E-state index contributed by atoms with van der Waals surface area (Å²) in [5.74, 6) is -0.277. The van der Waals surface area contributed by atoms with E-state index in [9.17, 15) is 4.39 Å². The number of benzene rings is 1. The van der Waals surface area contributed by atoms with Crippen molar-refractivity contribution in [3.05, 3.63) is 65.7 Å². The van der Waals surface area contributed by atoms with E-state index in [1.54, 1.807) is 24.5 Å². The molecule has 1 aromatic carbocycles. The molecule has 2 N–H and O–H groups in total. The Kier molecular flexibility index (Phi) is 5.20. The van der Waals surface area contributed by atoms with Crippen LogP contribution in [0.15, 0.2) is 53.9 Å². The van der Waals surface area contributed by atoms with Crippen molar-refractivity contribution in [2.45, 2.75) is 6.42 Å². The van der Waals surface area contributed by atoms with Gasteiger partial charge in [0.25, 0.3) is 0 Å². The van der Waals surface area contributed by atoms with Crippen molar-refractivity contribution >= 4 is 5.71 Å². The average molecular weight is 273 g/mol. The second-order valence-corrected chi connectivity index (χ2v) is 4.23. The minimum atomic E-state index is -0.277. The summed E-state index contributed by atoms with van der Waals surface area (Å²) in [5.41, 5.74) is 5.48. The molecule has 0 saturated heterocycles. The molecule has 0 fully saturated rings. The lowest BCUT2D eigenvalue weighted by Crippen LogP contribution is -2.16. The smallest absolute Gasteiger partial charge is 0.123 e. The van der Waals surface area contributed by atoms with Gasteiger partial charge in [-0.25, -0.2) is 4.39 Å². The Morgan fingerprint density at radius 3 is 2.50 bits per heavy atom. The van der Waals surface area contributed by atoms with Gasteiger partial charge < -0.3 is 10.5 Å². The Morgan fingerprint density at radius 1 is 1.15 bits per heavy atom.